The SMILES string of the molecule is Cc1nc(COc2ccc([N+](=O)[O-])cc2CN)cs1. The molecule has 1 aromatic carbocycles. The number of ether oxygens (including phenoxy) is 1. The van der Waals surface area contributed by atoms with Crippen LogP contribution < -0.4 is 10.5 Å². The third kappa shape index (κ3) is 3.27. The Balaban J connectivity index is 2.13. The molecule has 0 radical (unpaired) electrons. The van der Waals surface area contributed by atoms with Crippen molar-refractivity contribution in [3.05, 3.63) is 50.0 Å². The molecule has 0 aliphatic rings. The second kappa shape index (κ2) is 5.77. The second-order valence-corrected chi connectivity index (χ2v) is 4.96. The van der Waals surface area contributed by atoms with E-state index in [4.69, 9.17) is 10.5 Å². The van der Waals surface area contributed by atoms with Crippen molar-refractivity contribution < 1.29 is 9.66 Å². The fraction of sp³-hybridized carbons (Fsp3) is 0.250. The van der Waals surface area contributed by atoms with Crippen LogP contribution in [0.3, 0.4) is 0 Å². The van der Waals surface area contributed by atoms with Crippen LogP contribution in [0.2, 0.25) is 0 Å². The zero-order chi connectivity index (χ0) is 13.8. The molecular formula is C12H13N3O3S. The van der Waals surface area contributed by atoms with Gasteiger partial charge in [-0.25, -0.2) is 4.98 Å². The Morgan fingerprint density at radius 3 is 2.89 bits per heavy atom. The van der Waals surface area contributed by atoms with Gasteiger partial charge in [0, 0.05) is 29.6 Å². The van der Waals surface area contributed by atoms with Crippen molar-refractivity contribution >= 4 is 17.0 Å². The van der Waals surface area contributed by atoms with Gasteiger partial charge < -0.3 is 10.5 Å². The van der Waals surface area contributed by atoms with E-state index in [1.165, 1.54) is 12.1 Å². The average Bonchev–Trinajstić information content (AvgIpc) is 2.81. The largest absolute Gasteiger partial charge is 0.487 e. The van der Waals surface area contributed by atoms with Crippen LogP contribution >= 0.6 is 11.3 Å². The van der Waals surface area contributed by atoms with Gasteiger partial charge in [0.2, 0.25) is 0 Å². The van der Waals surface area contributed by atoms with Crippen LogP contribution in [0.4, 0.5) is 5.69 Å². The number of aromatic nitrogens is 1. The zero-order valence-electron chi connectivity index (χ0n) is 10.3. The number of benzene rings is 1. The molecule has 0 fully saturated rings. The number of nitro benzene ring substituents is 1. The Kier molecular flexibility index (Phi) is 4.08. The molecule has 0 bridgehead atoms. The molecule has 100 valence electrons. The van der Waals surface area contributed by atoms with Crippen LogP contribution in [0, 0.1) is 17.0 Å². The van der Waals surface area contributed by atoms with Gasteiger partial charge in [-0.1, -0.05) is 0 Å². The first kappa shape index (κ1) is 13.4. The quantitative estimate of drug-likeness (QED) is 0.670. The topological polar surface area (TPSA) is 91.3 Å². The number of nitrogens with zero attached hydrogens (tertiary/aromatic N) is 2. The minimum Gasteiger partial charge on any atom is -0.487 e. The van der Waals surface area contributed by atoms with Gasteiger partial charge in [0.05, 0.1) is 15.6 Å². The lowest BCUT2D eigenvalue weighted by Gasteiger charge is -2.08. The minimum atomic E-state index is -0.452. The molecule has 0 atom stereocenters. The molecule has 2 rings (SSSR count). The van der Waals surface area contributed by atoms with E-state index < -0.39 is 4.92 Å². The molecule has 0 aliphatic heterocycles. The predicted molar refractivity (Wildman–Crippen MR) is 72.2 cm³/mol. The summed E-state index contributed by atoms with van der Waals surface area (Å²) >= 11 is 1.55. The molecule has 19 heavy (non-hydrogen) atoms. The summed E-state index contributed by atoms with van der Waals surface area (Å²) in [7, 11) is 0. The lowest BCUT2D eigenvalue weighted by Crippen LogP contribution is -2.04. The fourth-order valence-corrected chi connectivity index (χ4v) is 2.20. The van der Waals surface area contributed by atoms with Gasteiger partial charge in [0.25, 0.3) is 5.69 Å². The number of non-ortho nitro benzene ring substituents is 1. The fourth-order valence-electron chi connectivity index (χ4n) is 1.61. The van der Waals surface area contributed by atoms with Gasteiger partial charge >= 0.3 is 0 Å². The van der Waals surface area contributed by atoms with Crippen molar-refractivity contribution in [3.63, 3.8) is 0 Å². The van der Waals surface area contributed by atoms with Gasteiger partial charge in [-0.2, -0.15) is 0 Å². The minimum absolute atomic E-state index is 0.0114. The van der Waals surface area contributed by atoms with E-state index in [2.05, 4.69) is 4.98 Å². The summed E-state index contributed by atoms with van der Waals surface area (Å²) in [5.74, 6) is 0.554. The smallest absolute Gasteiger partial charge is 0.270 e. The Bertz CT molecular complexity index is 598. The molecule has 0 aliphatic carbocycles. The molecule has 1 heterocycles. The van der Waals surface area contributed by atoms with E-state index >= 15 is 0 Å². The Morgan fingerprint density at radius 2 is 2.32 bits per heavy atom. The number of nitro groups is 1. The van der Waals surface area contributed by atoms with E-state index in [1.807, 2.05) is 12.3 Å². The number of hydrogen-bond donors (Lipinski definition) is 1. The molecule has 7 heteroatoms. The standard InChI is InChI=1S/C12H13N3O3S/c1-8-14-10(7-19-8)6-18-12-3-2-11(15(16)17)4-9(12)5-13/h2-4,7H,5-6,13H2,1H3. The maximum Gasteiger partial charge on any atom is 0.270 e. The first-order valence-corrected chi connectivity index (χ1v) is 6.49. The van der Waals surface area contributed by atoms with Crippen molar-refractivity contribution in [1.29, 1.82) is 0 Å². The van der Waals surface area contributed by atoms with Gasteiger partial charge in [-0.05, 0) is 13.0 Å². The van der Waals surface area contributed by atoms with Gasteiger partial charge in [-0.15, -0.1) is 11.3 Å². The van der Waals surface area contributed by atoms with Gasteiger partial charge in [-0.3, -0.25) is 10.1 Å². The van der Waals surface area contributed by atoms with Crippen molar-refractivity contribution in [2.24, 2.45) is 5.73 Å². The number of thiazole rings is 1. The summed E-state index contributed by atoms with van der Waals surface area (Å²) in [6, 6.07) is 4.40. The van der Waals surface area contributed by atoms with Gasteiger partial charge in [0.15, 0.2) is 0 Å². The monoisotopic (exact) mass is 279 g/mol. The van der Waals surface area contributed by atoms with E-state index in [9.17, 15) is 10.1 Å². The molecule has 0 unspecified atom stereocenters. The van der Waals surface area contributed by atoms with Crippen LogP contribution in [0.1, 0.15) is 16.3 Å². The molecule has 2 N–H and O–H groups in total. The zero-order valence-corrected chi connectivity index (χ0v) is 11.1. The molecular weight excluding hydrogens is 266 g/mol. The van der Waals surface area contributed by atoms with Crippen molar-refractivity contribution in [3.8, 4) is 5.75 Å². The lowest BCUT2D eigenvalue weighted by atomic mass is 10.2. The predicted octanol–water partition coefficient (Wildman–Crippen LogP) is 2.40. The highest BCUT2D eigenvalue weighted by atomic mass is 32.1. The average molecular weight is 279 g/mol. The van der Waals surface area contributed by atoms with E-state index in [-0.39, 0.29) is 12.2 Å². The molecule has 0 saturated carbocycles. The number of rotatable bonds is 5. The molecule has 6 nitrogen and oxygen atoms in total. The lowest BCUT2D eigenvalue weighted by molar-refractivity contribution is -0.384. The number of aryl methyl sites for hydroxylation is 1. The third-order valence-corrected chi connectivity index (χ3v) is 3.34. The molecule has 2 aromatic rings. The summed E-state index contributed by atoms with van der Waals surface area (Å²) in [4.78, 5) is 14.5. The van der Waals surface area contributed by atoms with Crippen molar-refractivity contribution in [2.45, 2.75) is 20.1 Å². The van der Waals surface area contributed by atoms with Gasteiger partial charge in [0.1, 0.15) is 12.4 Å². The second-order valence-electron chi connectivity index (χ2n) is 3.90. The molecule has 0 spiro atoms. The van der Waals surface area contributed by atoms with Crippen molar-refractivity contribution in [2.75, 3.05) is 0 Å². The van der Waals surface area contributed by atoms with Crippen molar-refractivity contribution in [1.82, 2.24) is 4.98 Å². The first-order valence-electron chi connectivity index (χ1n) is 5.61. The van der Waals surface area contributed by atoms with E-state index in [1.54, 1.807) is 17.4 Å². The molecule has 1 aromatic heterocycles. The number of nitrogens with two attached hydrogens (primary N) is 1. The summed E-state index contributed by atoms with van der Waals surface area (Å²) < 4.78 is 5.60. The maximum absolute atomic E-state index is 10.7. The van der Waals surface area contributed by atoms with Crippen LogP contribution in [-0.2, 0) is 13.2 Å². The van der Waals surface area contributed by atoms with Crippen LogP contribution in [-0.4, -0.2) is 9.91 Å². The maximum atomic E-state index is 10.7. The Morgan fingerprint density at radius 1 is 1.53 bits per heavy atom. The molecule has 0 saturated heterocycles. The summed E-state index contributed by atoms with van der Waals surface area (Å²) in [6.07, 6.45) is 0. The van der Waals surface area contributed by atoms with E-state index in [0.717, 1.165) is 10.7 Å². The first-order chi connectivity index (χ1) is 9.10. The molecule has 0 amide bonds. The summed E-state index contributed by atoms with van der Waals surface area (Å²) in [5, 5.41) is 13.6. The van der Waals surface area contributed by atoms with Crippen LogP contribution in [0.15, 0.2) is 23.6 Å². The summed E-state index contributed by atoms with van der Waals surface area (Å²) in [6.45, 7) is 2.44. The van der Waals surface area contributed by atoms with Crippen LogP contribution in [0.25, 0.3) is 0 Å². The summed E-state index contributed by atoms with van der Waals surface area (Å²) in [5.41, 5.74) is 7.04. The number of hydrogen-bond acceptors (Lipinski definition) is 6. The van der Waals surface area contributed by atoms with E-state index in [0.29, 0.717) is 17.9 Å². The van der Waals surface area contributed by atoms with Crippen LogP contribution in [0.5, 0.6) is 5.75 Å². The highest BCUT2D eigenvalue weighted by Gasteiger charge is 2.11. The Labute approximate surface area is 114 Å². The Hall–Kier alpha value is -1.99. The normalized spacial score (nSPS) is 10.4. The highest BCUT2D eigenvalue weighted by Crippen LogP contribution is 2.24. The highest BCUT2D eigenvalue weighted by molar-refractivity contribution is 7.09. The third-order valence-electron chi connectivity index (χ3n) is 2.52.